The van der Waals surface area contributed by atoms with E-state index in [1.807, 2.05) is 24.4 Å². The van der Waals surface area contributed by atoms with Gasteiger partial charge < -0.3 is 9.72 Å². The van der Waals surface area contributed by atoms with Gasteiger partial charge in [0, 0.05) is 18.3 Å². The van der Waals surface area contributed by atoms with Gasteiger partial charge in [0.05, 0.1) is 13.0 Å². The van der Waals surface area contributed by atoms with Crippen molar-refractivity contribution in [1.29, 1.82) is 0 Å². The summed E-state index contributed by atoms with van der Waals surface area (Å²) in [5.41, 5.74) is 2.28. The minimum atomic E-state index is -0.170. The molecule has 3 nitrogen and oxygen atoms in total. The Labute approximate surface area is 76.4 Å². The molecule has 0 saturated heterocycles. The van der Waals surface area contributed by atoms with Gasteiger partial charge in [0.25, 0.3) is 0 Å². The highest BCUT2D eigenvalue weighted by Gasteiger charge is 2.21. The summed E-state index contributed by atoms with van der Waals surface area (Å²) in [6, 6.07) is 2.00. The summed E-state index contributed by atoms with van der Waals surface area (Å²) >= 11 is 0. The molecule has 1 aliphatic carbocycles. The van der Waals surface area contributed by atoms with Gasteiger partial charge >= 0.3 is 5.97 Å². The maximum Gasteiger partial charge on any atom is 0.312 e. The molecule has 1 aromatic heterocycles. The van der Waals surface area contributed by atoms with Crippen LogP contribution in [0.4, 0.5) is 0 Å². The average molecular weight is 177 g/mol. The lowest BCUT2D eigenvalue weighted by atomic mass is 9.95. The molecule has 68 valence electrons. The predicted molar refractivity (Wildman–Crippen MR) is 49.0 cm³/mol. The van der Waals surface area contributed by atoms with E-state index in [9.17, 15) is 4.79 Å². The summed E-state index contributed by atoms with van der Waals surface area (Å²) in [5.74, 6) is -0.298. The number of hydrogen-bond acceptors (Lipinski definition) is 2. The van der Waals surface area contributed by atoms with E-state index < -0.39 is 0 Å². The Bertz CT molecular complexity index is 352. The Kier molecular flexibility index (Phi) is 1.93. The van der Waals surface area contributed by atoms with Crippen LogP contribution >= 0.6 is 0 Å². The van der Waals surface area contributed by atoms with Crippen molar-refractivity contribution in [2.75, 3.05) is 7.11 Å². The van der Waals surface area contributed by atoms with E-state index in [0.717, 1.165) is 5.69 Å². The van der Waals surface area contributed by atoms with E-state index in [2.05, 4.69) is 9.72 Å². The molecule has 0 aliphatic heterocycles. The van der Waals surface area contributed by atoms with Crippen LogP contribution in [-0.4, -0.2) is 18.1 Å². The van der Waals surface area contributed by atoms with Crippen LogP contribution in [0.2, 0.25) is 0 Å². The number of rotatable bonds is 1. The number of carbonyl (C=O) groups is 1. The summed E-state index contributed by atoms with van der Waals surface area (Å²) in [4.78, 5) is 14.3. The molecular formula is C10H11NO2. The van der Waals surface area contributed by atoms with Crippen LogP contribution in [-0.2, 0) is 16.0 Å². The first-order valence-corrected chi connectivity index (χ1v) is 4.23. The van der Waals surface area contributed by atoms with Crippen LogP contribution < -0.4 is 0 Å². The van der Waals surface area contributed by atoms with Crippen LogP contribution in [0.3, 0.4) is 0 Å². The van der Waals surface area contributed by atoms with Gasteiger partial charge in [-0.05, 0) is 11.6 Å². The number of aromatic nitrogens is 1. The van der Waals surface area contributed by atoms with E-state index in [-0.39, 0.29) is 11.9 Å². The molecule has 2 rings (SSSR count). The van der Waals surface area contributed by atoms with E-state index in [1.165, 1.54) is 12.7 Å². The molecule has 0 aromatic carbocycles. The molecule has 3 heteroatoms. The lowest BCUT2D eigenvalue weighted by molar-refractivity contribution is -0.143. The highest BCUT2D eigenvalue weighted by atomic mass is 16.5. The van der Waals surface area contributed by atoms with E-state index in [4.69, 9.17) is 0 Å². The maximum absolute atomic E-state index is 11.2. The number of ether oxygens (including phenoxy) is 1. The second-order valence-electron chi connectivity index (χ2n) is 3.10. The lowest BCUT2D eigenvalue weighted by Crippen LogP contribution is -2.18. The normalized spacial score (nSPS) is 19.6. The summed E-state index contributed by atoms with van der Waals surface area (Å²) in [7, 11) is 1.42. The molecule has 0 spiro atoms. The van der Waals surface area contributed by atoms with Crippen LogP contribution in [0.25, 0.3) is 6.08 Å². The van der Waals surface area contributed by atoms with Crippen LogP contribution in [0.1, 0.15) is 11.3 Å². The standard InChI is InChI=1S/C10H11NO2/c1-13-10(12)8-3-2-7-4-5-11-9(7)6-8/h2-5,8,11H,6H2,1H3. The first-order chi connectivity index (χ1) is 6.31. The Morgan fingerprint density at radius 1 is 1.69 bits per heavy atom. The van der Waals surface area contributed by atoms with Gasteiger partial charge in [-0.1, -0.05) is 12.2 Å². The predicted octanol–water partition coefficient (Wildman–Crippen LogP) is 1.37. The molecular weight excluding hydrogens is 166 g/mol. The summed E-state index contributed by atoms with van der Waals surface area (Å²) in [5, 5.41) is 0. The van der Waals surface area contributed by atoms with Crippen LogP contribution in [0, 0.1) is 5.92 Å². The Hall–Kier alpha value is -1.51. The van der Waals surface area contributed by atoms with Crippen LogP contribution in [0.5, 0.6) is 0 Å². The van der Waals surface area contributed by atoms with Crippen molar-refractivity contribution in [3.8, 4) is 0 Å². The maximum atomic E-state index is 11.2. The zero-order chi connectivity index (χ0) is 9.26. The molecule has 1 unspecified atom stereocenters. The Morgan fingerprint density at radius 2 is 2.54 bits per heavy atom. The molecule has 0 amide bonds. The van der Waals surface area contributed by atoms with E-state index in [0.29, 0.717) is 6.42 Å². The lowest BCUT2D eigenvalue weighted by Gasteiger charge is -2.13. The van der Waals surface area contributed by atoms with Crippen LogP contribution in [0.15, 0.2) is 18.3 Å². The molecule has 0 saturated carbocycles. The number of hydrogen-bond donors (Lipinski definition) is 1. The molecule has 1 N–H and O–H groups in total. The van der Waals surface area contributed by atoms with Crippen molar-refractivity contribution in [2.24, 2.45) is 5.92 Å². The molecule has 1 atom stereocenters. The average Bonchev–Trinajstić information content (AvgIpc) is 2.63. The fourth-order valence-electron chi connectivity index (χ4n) is 1.57. The Morgan fingerprint density at radius 3 is 3.31 bits per heavy atom. The van der Waals surface area contributed by atoms with Gasteiger partial charge in [0.15, 0.2) is 0 Å². The van der Waals surface area contributed by atoms with Crippen molar-refractivity contribution >= 4 is 12.0 Å². The number of H-pyrrole nitrogens is 1. The number of esters is 1. The number of carbonyl (C=O) groups excluding carboxylic acids is 1. The fraction of sp³-hybridized carbons (Fsp3) is 0.300. The number of aromatic amines is 1. The third kappa shape index (κ3) is 1.37. The van der Waals surface area contributed by atoms with E-state index in [1.54, 1.807) is 0 Å². The first-order valence-electron chi connectivity index (χ1n) is 4.23. The number of fused-ring (bicyclic) bond motifs is 1. The third-order valence-electron chi connectivity index (χ3n) is 2.30. The third-order valence-corrected chi connectivity index (χ3v) is 2.30. The van der Waals surface area contributed by atoms with Gasteiger partial charge in [0.1, 0.15) is 0 Å². The zero-order valence-corrected chi connectivity index (χ0v) is 7.41. The van der Waals surface area contributed by atoms with Gasteiger partial charge in [-0.2, -0.15) is 0 Å². The summed E-state index contributed by atoms with van der Waals surface area (Å²) in [6.45, 7) is 0. The Balaban J connectivity index is 2.21. The van der Waals surface area contributed by atoms with Crippen molar-refractivity contribution in [1.82, 2.24) is 4.98 Å². The fourth-order valence-corrected chi connectivity index (χ4v) is 1.57. The van der Waals surface area contributed by atoms with Gasteiger partial charge in [0.2, 0.25) is 0 Å². The minimum absolute atomic E-state index is 0.129. The topological polar surface area (TPSA) is 42.1 Å². The van der Waals surface area contributed by atoms with Crippen molar-refractivity contribution < 1.29 is 9.53 Å². The first kappa shape index (κ1) is 8.10. The second kappa shape index (κ2) is 3.09. The number of nitrogens with one attached hydrogen (secondary N) is 1. The molecule has 1 heterocycles. The van der Waals surface area contributed by atoms with Crippen molar-refractivity contribution in [2.45, 2.75) is 6.42 Å². The summed E-state index contributed by atoms with van der Waals surface area (Å²) < 4.78 is 4.68. The number of methoxy groups -OCH3 is 1. The SMILES string of the molecule is COC(=O)C1C=Cc2cc[nH]c2C1. The monoisotopic (exact) mass is 177 g/mol. The highest BCUT2D eigenvalue weighted by molar-refractivity contribution is 5.77. The summed E-state index contributed by atoms with van der Waals surface area (Å²) in [6.07, 6.45) is 6.44. The molecule has 0 fully saturated rings. The van der Waals surface area contributed by atoms with E-state index >= 15 is 0 Å². The smallest absolute Gasteiger partial charge is 0.312 e. The van der Waals surface area contributed by atoms with Crippen molar-refractivity contribution in [3.63, 3.8) is 0 Å². The second-order valence-corrected chi connectivity index (χ2v) is 3.10. The zero-order valence-electron chi connectivity index (χ0n) is 7.41. The van der Waals surface area contributed by atoms with Gasteiger partial charge in [-0.25, -0.2) is 0 Å². The van der Waals surface area contributed by atoms with Gasteiger partial charge in [-0.3, -0.25) is 4.79 Å². The highest BCUT2D eigenvalue weighted by Crippen LogP contribution is 2.22. The molecule has 0 radical (unpaired) electrons. The molecule has 13 heavy (non-hydrogen) atoms. The quantitative estimate of drug-likeness (QED) is 0.658. The van der Waals surface area contributed by atoms with Crippen molar-refractivity contribution in [3.05, 3.63) is 29.6 Å². The minimum Gasteiger partial charge on any atom is -0.469 e. The largest absolute Gasteiger partial charge is 0.469 e. The molecule has 1 aromatic rings. The molecule has 0 bridgehead atoms. The molecule has 1 aliphatic rings. The van der Waals surface area contributed by atoms with Gasteiger partial charge in [-0.15, -0.1) is 0 Å².